The van der Waals surface area contributed by atoms with Crippen LogP contribution in [0.15, 0.2) is 75.9 Å². The molecular weight excluding hydrogens is 452 g/mol. The van der Waals surface area contributed by atoms with Crippen LogP contribution in [0.1, 0.15) is 35.6 Å². The van der Waals surface area contributed by atoms with Gasteiger partial charge in [0.05, 0.1) is 6.61 Å². The van der Waals surface area contributed by atoms with Crippen LogP contribution in [0.3, 0.4) is 0 Å². The summed E-state index contributed by atoms with van der Waals surface area (Å²) in [7, 11) is 0. The lowest BCUT2D eigenvalue weighted by Crippen LogP contribution is -2.14. The van der Waals surface area contributed by atoms with Gasteiger partial charge < -0.3 is 13.9 Å². The lowest BCUT2D eigenvalue weighted by atomic mass is 9.97. The predicted molar refractivity (Wildman–Crippen MR) is 143 cm³/mol. The Kier molecular flexibility index (Phi) is 6.47. The molecule has 0 fully saturated rings. The predicted octanol–water partition coefficient (Wildman–Crippen LogP) is 6.79. The summed E-state index contributed by atoms with van der Waals surface area (Å²) in [5.41, 5.74) is 3.30. The fraction of sp³-hybridized carbons (Fsp3) is 0.226. The Balaban J connectivity index is 1.49. The number of hydrogen-bond donors (Lipinski definition) is 0. The van der Waals surface area contributed by atoms with E-state index in [4.69, 9.17) is 13.9 Å². The van der Waals surface area contributed by atoms with E-state index < -0.39 is 5.63 Å². The van der Waals surface area contributed by atoms with E-state index in [1.165, 1.54) is 10.8 Å². The molecule has 36 heavy (non-hydrogen) atoms. The average molecular weight is 481 g/mol. The smallest absolute Gasteiger partial charge is 0.339 e. The molecule has 0 aliphatic rings. The molecule has 0 N–H and O–H groups in total. The van der Waals surface area contributed by atoms with Crippen molar-refractivity contribution in [3.8, 4) is 5.75 Å². The molecule has 0 saturated heterocycles. The van der Waals surface area contributed by atoms with Crippen LogP contribution in [0.5, 0.6) is 5.75 Å². The van der Waals surface area contributed by atoms with Gasteiger partial charge in [-0.15, -0.1) is 0 Å². The highest BCUT2D eigenvalue weighted by atomic mass is 16.5. The lowest BCUT2D eigenvalue weighted by molar-refractivity contribution is -0.143. The molecule has 5 aromatic rings. The summed E-state index contributed by atoms with van der Waals surface area (Å²) in [6.45, 7) is 6.26. The van der Waals surface area contributed by atoms with Gasteiger partial charge in [-0.05, 0) is 72.5 Å². The van der Waals surface area contributed by atoms with Gasteiger partial charge >= 0.3 is 11.6 Å². The molecule has 5 heteroatoms. The van der Waals surface area contributed by atoms with Gasteiger partial charge in [0.25, 0.3) is 0 Å². The highest BCUT2D eigenvalue weighted by Crippen LogP contribution is 2.33. The van der Waals surface area contributed by atoms with Gasteiger partial charge in [-0.2, -0.15) is 0 Å². The van der Waals surface area contributed by atoms with Crippen LogP contribution < -0.4 is 10.4 Å². The van der Waals surface area contributed by atoms with Crippen LogP contribution in [0, 0.1) is 13.8 Å². The Labute approximate surface area is 209 Å². The third-order valence-electron chi connectivity index (χ3n) is 6.79. The first-order valence-corrected chi connectivity index (χ1v) is 12.2. The van der Waals surface area contributed by atoms with Crippen LogP contribution in [0.25, 0.3) is 32.5 Å². The standard InChI is InChI=1S/C31H28O5/c1-4-34-29(32)16-14-24-19(2)23-13-15-28(20(3)30(23)36-31(24)33)35-18-27-25-11-7-5-9-21(25)17-22-10-6-8-12-26(22)27/h5-13,15,17H,4,14,16,18H2,1-3H3. The molecule has 182 valence electrons. The van der Waals surface area contributed by atoms with E-state index in [1.54, 1.807) is 6.92 Å². The van der Waals surface area contributed by atoms with Crippen molar-refractivity contribution in [2.45, 2.75) is 40.2 Å². The fourth-order valence-corrected chi connectivity index (χ4v) is 4.89. The number of ether oxygens (including phenoxy) is 2. The zero-order valence-corrected chi connectivity index (χ0v) is 20.7. The summed E-state index contributed by atoms with van der Waals surface area (Å²) in [4.78, 5) is 24.6. The number of benzene rings is 4. The second-order valence-electron chi connectivity index (χ2n) is 8.95. The van der Waals surface area contributed by atoms with Crippen molar-refractivity contribution in [2.24, 2.45) is 0 Å². The maximum Gasteiger partial charge on any atom is 0.339 e. The zero-order chi connectivity index (χ0) is 25.2. The summed E-state index contributed by atoms with van der Waals surface area (Å²) in [6.07, 6.45) is 0.429. The van der Waals surface area contributed by atoms with Crippen LogP contribution in [-0.2, 0) is 22.6 Å². The Morgan fingerprint density at radius 2 is 1.50 bits per heavy atom. The Morgan fingerprint density at radius 3 is 2.17 bits per heavy atom. The quantitative estimate of drug-likeness (QED) is 0.146. The topological polar surface area (TPSA) is 65.7 Å². The minimum absolute atomic E-state index is 0.143. The zero-order valence-electron chi connectivity index (χ0n) is 20.7. The van der Waals surface area contributed by atoms with Gasteiger partial charge in [0.2, 0.25) is 0 Å². The third-order valence-corrected chi connectivity index (χ3v) is 6.79. The van der Waals surface area contributed by atoms with Gasteiger partial charge in [0, 0.05) is 28.5 Å². The van der Waals surface area contributed by atoms with Gasteiger partial charge in [-0.3, -0.25) is 4.79 Å². The molecule has 5 rings (SSSR count). The van der Waals surface area contributed by atoms with Gasteiger partial charge in [0.15, 0.2) is 0 Å². The lowest BCUT2D eigenvalue weighted by Gasteiger charge is -2.16. The van der Waals surface area contributed by atoms with Crippen molar-refractivity contribution in [1.29, 1.82) is 0 Å². The number of carbonyl (C=O) groups is 1. The van der Waals surface area contributed by atoms with Crippen molar-refractivity contribution in [2.75, 3.05) is 6.61 Å². The van der Waals surface area contributed by atoms with Crippen molar-refractivity contribution < 1.29 is 18.7 Å². The Morgan fingerprint density at radius 1 is 0.833 bits per heavy atom. The molecule has 1 aromatic heterocycles. The molecule has 4 aromatic carbocycles. The van der Waals surface area contributed by atoms with Gasteiger partial charge in [-0.1, -0.05) is 48.5 Å². The monoisotopic (exact) mass is 480 g/mol. The SMILES string of the molecule is CCOC(=O)CCc1c(C)c2ccc(OCc3c4ccccc4cc4ccccc34)c(C)c2oc1=O. The van der Waals surface area contributed by atoms with Crippen molar-refractivity contribution in [3.05, 3.63) is 99.4 Å². The fourth-order valence-electron chi connectivity index (χ4n) is 4.89. The molecule has 0 amide bonds. The number of hydrogen-bond acceptors (Lipinski definition) is 5. The molecule has 0 spiro atoms. The first-order valence-electron chi connectivity index (χ1n) is 12.2. The van der Waals surface area contributed by atoms with Gasteiger partial charge in [0.1, 0.15) is 17.9 Å². The minimum Gasteiger partial charge on any atom is -0.488 e. The number of fused-ring (bicyclic) bond motifs is 3. The molecule has 0 atom stereocenters. The highest BCUT2D eigenvalue weighted by Gasteiger charge is 2.17. The van der Waals surface area contributed by atoms with Crippen molar-refractivity contribution >= 4 is 38.5 Å². The molecule has 0 aliphatic carbocycles. The third kappa shape index (κ3) is 4.33. The molecule has 1 heterocycles. The first-order chi connectivity index (χ1) is 17.5. The van der Waals surface area contributed by atoms with Crippen LogP contribution in [0.4, 0.5) is 0 Å². The molecule has 0 bridgehead atoms. The molecule has 0 radical (unpaired) electrons. The summed E-state index contributed by atoms with van der Waals surface area (Å²) in [6, 6.07) is 22.7. The van der Waals surface area contributed by atoms with E-state index in [0.717, 1.165) is 32.8 Å². The van der Waals surface area contributed by atoms with Crippen molar-refractivity contribution in [3.63, 3.8) is 0 Å². The Bertz CT molecular complexity index is 1610. The summed E-state index contributed by atoms with van der Waals surface area (Å²) in [5.74, 6) is 0.346. The van der Waals surface area contributed by atoms with Crippen LogP contribution >= 0.6 is 0 Å². The van der Waals surface area contributed by atoms with Gasteiger partial charge in [-0.25, -0.2) is 4.79 Å². The molecule has 5 nitrogen and oxygen atoms in total. The maximum atomic E-state index is 12.8. The van der Waals surface area contributed by atoms with E-state index in [0.29, 0.717) is 30.1 Å². The molecule has 0 aliphatic heterocycles. The molecule has 0 unspecified atom stereocenters. The largest absolute Gasteiger partial charge is 0.488 e. The summed E-state index contributed by atoms with van der Waals surface area (Å²) >= 11 is 0. The molecular formula is C31H28O5. The number of aryl methyl sites for hydroxylation is 2. The Hall–Kier alpha value is -4.12. The average Bonchev–Trinajstić information content (AvgIpc) is 2.88. The first kappa shape index (κ1) is 23.6. The number of rotatable bonds is 7. The van der Waals surface area contributed by atoms with Crippen LogP contribution in [0.2, 0.25) is 0 Å². The summed E-state index contributed by atoms with van der Waals surface area (Å²) < 4.78 is 17.1. The minimum atomic E-state index is -0.426. The maximum absolute atomic E-state index is 12.8. The highest BCUT2D eigenvalue weighted by molar-refractivity contribution is 6.02. The molecule has 0 saturated carbocycles. The van der Waals surface area contributed by atoms with E-state index in [1.807, 2.05) is 50.2 Å². The second kappa shape index (κ2) is 9.86. The number of esters is 1. The normalized spacial score (nSPS) is 11.3. The summed E-state index contributed by atoms with van der Waals surface area (Å²) in [5, 5.41) is 5.49. The van der Waals surface area contributed by atoms with E-state index in [2.05, 4.69) is 30.3 Å². The van der Waals surface area contributed by atoms with Crippen molar-refractivity contribution in [1.82, 2.24) is 0 Å². The number of carbonyl (C=O) groups excluding carboxylic acids is 1. The van der Waals surface area contributed by atoms with E-state index >= 15 is 0 Å². The van der Waals surface area contributed by atoms with E-state index in [9.17, 15) is 9.59 Å². The van der Waals surface area contributed by atoms with Crippen LogP contribution in [-0.4, -0.2) is 12.6 Å². The van der Waals surface area contributed by atoms with E-state index in [-0.39, 0.29) is 18.8 Å². The second-order valence-corrected chi connectivity index (χ2v) is 8.95.